The Morgan fingerprint density at radius 3 is 2.70 bits per heavy atom. The van der Waals surface area contributed by atoms with Gasteiger partial charge in [0.15, 0.2) is 0 Å². The predicted molar refractivity (Wildman–Crippen MR) is 83.4 cm³/mol. The molecule has 0 aliphatic carbocycles. The van der Waals surface area contributed by atoms with Crippen LogP contribution in [-0.2, 0) is 4.74 Å². The van der Waals surface area contributed by atoms with Crippen molar-refractivity contribution in [1.82, 2.24) is 9.55 Å². The largest absolute Gasteiger partial charge is 0.383 e. The van der Waals surface area contributed by atoms with Gasteiger partial charge in [-0.2, -0.15) is 0 Å². The minimum Gasteiger partial charge on any atom is -0.383 e. The molecule has 2 aromatic rings. The number of benzene rings is 1. The van der Waals surface area contributed by atoms with Crippen LogP contribution in [0, 0.1) is 13.8 Å². The molecule has 108 valence electrons. The van der Waals surface area contributed by atoms with Crippen LogP contribution in [0.15, 0.2) is 18.3 Å². The number of nitrogens with zero attached hydrogens (tertiary/aromatic N) is 2. The molecule has 0 spiro atoms. The fourth-order valence-corrected chi connectivity index (χ4v) is 2.36. The van der Waals surface area contributed by atoms with Crippen molar-refractivity contribution in [1.29, 1.82) is 0 Å². The number of anilines is 1. The normalized spacial score (nSPS) is 10.8. The molecule has 0 aliphatic heterocycles. The molecule has 0 radical (unpaired) electrons. The first-order valence-corrected chi connectivity index (χ1v) is 7.03. The Morgan fingerprint density at radius 1 is 1.25 bits per heavy atom. The van der Waals surface area contributed by atoms with Crippen LogP contribution in [0.2, 0.25) is 10.0 Å². The molecule has 2 rings (SSSR count). The van der Waals surface area contributed by atoms with Gasteiger partial charge in [0.25, 0.3) is 0 Å². The number of nitrogens with one attached hydrogen (secondary N) is 1. The van der Waals surface area contributed by atoms with Crippen LogP contribution in [0.25, 0.3) is 5.69 Å². The number of methoxy groups -OCH3 is 1. The first-order valence-electron chi connectivity index (χ1n) is 6.27. The van der Waals surface area contributed by atoms with Crippen molar-refractivity contribution in [2.75, 3.05) is 25.6 Å². The lowest BCUT2D eigenvalue weighted by Crippen LogP contribution is -2.11. The van der Waals surface area contributed by atoms with E-state index < -0.39 is 0 Å². The van der Waals surface area contributed by atoms with Crippen LogP contribution < -0.4 is 5.32 Å². The molecule has 1 aromatic carbocycles. The van der Waals surface area contributed by atoms with Crippen molar-refractivity contribution < 1.29 is 4.74 Å². The highest BCUT2D eigenvalue weighted by Crippen LogP contribution is 2.29. The van der Waals surface area contributed by atoms with E-state index in [2.05, 4.69) is 10.3 Å². The summed E-state index contributed by atoms with van der Waals surface area (Å²) in [4.78, 5) is 4.45. The van der Waals surface area contributed by atoms with Crippen LogP contribution in [-0.4, -0.2) is 29.8 Å². The summed E-state index contributed by atoms with van der Waals surface area (Å²) < 4.78 is 6.93. The van der Waals surface area contributed by atoms with Crippen LogP contribution >= 0.6 is 23.2 Å². The van der Waals surface area contributed by atoms with Gasteiger partial charge in [-0.05, 0) is 31.5 Å². The van der Waals surface area contributed by atoms with Gasteiger partial charge in [-0.25, -0.2) is 4.98 Å². The Bertz CT molecular complexity index is 611. The number of rotatable bonds is 5. The van der Waals surface area contributed by atoms with Gasteiger partial charge in [0.1, 0.15) is 0 Å². The zero-order valence-electron chi connectivity index (χ0n) is 11.7. The minimum absolute atomic E-state index is 0.605. The first-order chi connectivity index (χ1) is 9.52. The highest BCUT2D eigenvalue weighted by Gasteiger charge is 2.12. The predicted octanol–water partition coefficient (Wildman–Crippen LogP) is 3.85. The fraction of sp³-hybridized carbons (Fsp3) is 0.357. The van der Waals surface area contributed by atoms with E-state index in [0.717, 1.165) is 22.9 Å². The minimum atomic E-state index is 0.605. The van der Waals surface area contributed by atoms with Gasteiger partial charge in [-0.1, -0.05) is 23.2 Å². The second-order valence-corrected chi connectivity index (χ2v) is 5.36. The highest BCUT2D eigenvalue weighted by molar-refractivity contribution is 6.35. The smallest absolute Gasteiger partial charge is 0.207 e. The fourth-order valence-electron chi connectivity index (χ4n) is 1.89. The molecule has 1 aromatic heterocycles. The Balaban J connectivity index is 2.39. The monoisotopic (exact) mass is 313 g/mol. The molecule has 0 saturated carbocycles. The average molecular weight is 314 g/mol. The molecular weight excluding hydrogens is 297 g/mol. The van der Waals surface area contributed by atoms with Gasteiger partial charge in [0, 0.05) is 24.9 Å². The Labute approximate surface area is 128 Å². The molecule has 0 atom stereocenters. The van der Waals surface area contributed by atoms with Crippen molar-refractivity contribution in [2.45, 2.75) is 13.8 Å². The van der Waals surface area contributed by atoms with Crippen molar-refractivity contribution in [3.05, 3.63) is 39.6 Å². The van der Waals surface area contributed by atoms with E-state index in [4.69, 9.17) is 27.9 Å². The van der Waals surface area contributed by atoms with Crippen LogP contribution in [0.1, 0.15) is 11.3 Å². The number of ether oxygens (including phenoxy) is 1. The van der Waals surface area contributed by atoms with E-state index in [1.54, 1.807) is 7.11 Å². The lowest BCUT2D eigenvalue weighted by atomic mass is 10.2. The molecule has 6 heteroatoms. The third-order valence-corrected chi connectivity index (χ3v) is 3.61. The van der Waals surface area contributed by atoms with E-state index in [1.165, 1.54) is 0 Å². The average Bonchev–Trinajstić information content (AvgIpc) is 2.75. The summed E-state index contributed by atoms with van der Waals surface area (Å²) >= 11 is 12.5. The summed E-state index contributed by atoms with van der Waals surface area (Å²) in [5.74, 6) is 0.723. The van der Waals surface area contributed by atoms with E-state index in [1.807, 2.05) is 36.7 Å². The summed E-state index contributed by atoms with van der Waals surface area (Å²) in [6, 6.07) is 3.70. The third-order valence-electron chi connectivity index (χ3n) is 2.90. The third kappa shape index (κ3) is 3.26. The number of aromatic nitrogens is 2. The molecule has 0 saturated heterocycles. The summed E-state index contributed by atoms with van der Waals surface area (Å²) in [6.07, 6.45) is 1.92. The molecule has 20 heavy (non-hydrogen) atoms. The lowest BCUT2D eigenvalue weighted by molar-refractivity contribution is 0.210. The molecule has 4 nitrogen and oxygen atoms in total. The lowest BCUT2D eigenvalue weighted by Gasteiger charge is -2.12. The molecule has 0 bridgehead atoms. The molecule has 1 N–H and O–H groups in total. The van der Waals surface area contributed by atoms with E-state index in [9.17, 15) is 0 Å². The van der Waals surface area contributed by atoms with Gasteiger partial charge in [0.05, 0.1) is 23.0 Å². The summed E-state index contributed by atoms with van der Waals surface area (Å²) in [6.45, 7) is 5.13. The van der Waals surface area contributed by atoms with Gasteiger partial charge >= 0.3 is 0 Å². The number of hydrogen-bond acceptors (Lipinski definition) is 3. The second kappa shape index (κ2) is 6.48. The topological polar surface area (TPSA) is 39.1 Å². The van der Waals surface area contributed by atoms with E-state index in [-0.39, 0.29) is 0 Å². The maximum Gasteiger partial charge on any atom is 0.207 e. The van der Waals surface area contributed by atoms with Gasteiger partial charge in [-0.3, -0.25) is 4.57 Å². The highest BCUT2D eigenvalue weighted by atomic mass is 35.5. The molecule has 0 aliphatic rings. The van der Waals surface area contributed by atoms with Crippen LogP contribution in [0.5, 0.6) is 0 Å². The van der Waals surface area contributed by atoms with Gasteiger partial charge in [0.2, 0.25) is 5.95 Å². The summed E-state index contributed by atoms with van der Waals surface area (Å²) in [5.41, 5.74) is 2.66. The maximum absolute atomic E-state index is 6.32. The number of halogens is 2. The zero-order chi connectivity index (χ0) is 14.7. The molecule has 1 heterocycles. The number of aryl methyl sites for hydroxylation is 2. The van der Waals surface area contributed by atoms with Crippen LogP contribution in [0.3, 0.4) is 0 Å². The molecule has 0 amide bonds. The summed E-state index contributed by atoms with van der Waals surface area (Å²) in [7, 11) is 1.66. The molecule has 0 fully saturated rings. The van der Waals surface area contributed by atoms with Crippen molar-refractivity contribution in [2.24, 2.45) is 0 Å². The summed E-state index contributed by atoms with van der Waals surface area (Å²) in [5, 5.41) is 4.54. The number of hydrogen-bond donors (Lipinski definition) is 1. The van der Waals surface area contributed by atoms with E-state index >= 15 is 0 Å². The zero-order valence-corrected chi connectivity index (χ0v) is 13.2. The van der Waals surface area contributed by atoms with Crippen molar-refractivity contribution in [3.63, 3.8) is 0 Å². The second-order valence-electron chi connectivity index (χ2n) is 4.55. The Hall–Kier alpha value is -1.23. The van der Waals surface area contributed by atoms with Gasteiger partial charge in [-0.15, -0.1) is 0 Å². The van der Waals surface area contributed by atoms with Crippen molar-refractivity contribution >= 4 is 29.2 Å². The number of imidazole rings is 1. The maximum atomic E-state index is 6.32. The quantitative estimate of drug-likeness (QED) is 0.852. The standard InChI is InChI=1S/C14H17Cl2N3O/c1-9-6-12(16)13(7-11(9)15)19-8-10(2)18-14(19)17-4-5-20-3/h6-8H,4-5H2,1-3H3,(H,17,18). The first kappa shape index (κ1) is 15.2. The molecule has 0 unspecified atom stereocenters. The Morgan fingerprint density at radius 2 is 2.00 bits per heavy atom. The molecular formula is C14H17Cl2N3O. The van der Waals surface area contributed by atoms with E-state index in [0.29, 0.717) is 23.2 Å². The Kier molecular flexibility index (Phi) is 4.91. The van der Waals surface area contributed by atoms with Gasteiger partial charge < -0.3 is 10.1 Å². The van der Waals surface area contributed by atoms with Crippen LogP contribution in [0.4, 0.5) is 5.95 Å². The van der Waals surface area contributed by atoms with Crippen molar-refractivity contribution in [3.8, 4) is 5.69 Å². The SMILES string of the molecule is COCCNc1nc(C)cn1-c1cc(Cl)c(C)cc1Cl.